The van der Waals surface area contributed by atoms with E-state index in [4.69, 9.17) is 5.26 Å². The summed E-state index contributed by atoms with van der Waals surface area (Å²) < 4.78 is 0. The van der Waals surface area contributed by atoms with E-state index in [0.717, 1.165) is 18.4 Å². The van der Waals surface area contributed by atoms with Crippen molar-refractivity contribution in [1.82, 2.24) is 10.6 Å². The first-order valence-corrected chi connectivity index (χ1v) is 6.81. The van der Waals surface area contributed by atoms with Gasteiger partial charge in [-0.15, -0.1) is 0 Å². The number of carbonyl (C=O) groups excluding carboxylic acids is 1. The normalized spacial score (nSPS) is 15.5. The number of nitrogens with one attached hydrogen (secondary N) is 2. The highest BCUT2D eigenvalue weighted by Gasteiger charge is 2.15. The third-order valence-corrected chi connectivity index (χ3v) is 3.45. The molecule has 1 aliphatic carbocycles. The second kappa shape index (κ2) is 6.79. The van der Waals surface area contributed by atoms with Gasteiger partial charge in [0.05, 0.1) is 11.6 Å². The van der Waals surface area contributed by atoms with Crippen LogP contribution in [0.2, 0.25) is 0 Å². The summed E-state index contributed by atoms with van der Waals surface area (Å²) in [4.78, 5) is 11.8. The Bertz CT molecular complexity index is 473. The smallest absolute Gasteiger partial charge is 0.315 e. The van der Waals surface area contributed by atoms with E-state index in [2.05, 4.69) is 16.7 Å². The summed E-state index contributed by atoms with van der Waals surface area (Å²) >= 11 is 0. The molecular formula is C15H19N3O. The molecule has 0 unspecified atom stereocenters. The van der Waals surface area contributed by atoms with Gasteiger partial charge in [0.1, 0.15) is 0 Å². The summed E-state index contributed by atoms with van der Waals surface area (Å²) in [5, 5.41) is 14.6. The van der Waals surface area contributed by atoms with Crippen LogP contribution in [-0.4, -0.2) is 12.1 Å². The van der Waals surface area contributed by atoms with Crippen LogP contribution in [0, 0.1) is 11.3 Å². The molecule has 19 heavy (non-hydrogen) atoms. The number of rotatable bonds is 3. The van der Waals surface area contributed by atoms with Gasteiger partial charge in [-0.1, -0.05) is 31.4 Å². The fourth-order valence-electron chi connectivity index (χ4n) is 2.42. The summed E-state index contributed by atoms with van der Waals surface area (Å²) in [5.41, 5.74) is 1.56. The third-order valence-electron chi connectivity index (χ3n) is 3.45. The summed E-state index contributed by atoms with van der Waals surface area (Å²) in [6, 6.07) is 9.58. The van der Waals surface area contributed by atoms with E-state index in [1.165, 1.54) is 19.3 Å². The van der Waals surface area contributed by atoms with Crippen molar-refractivity contribution < 1.29 is 4.79 Å². The van der Waals surface area contributed by atoms with Crippen LogP contribution in [0.15, 0.2) is 24.3 Å². The highest BCUT2D eigenvalue weighted by molar-refractivity contribution is 5.74. The first-order valence-electron chi connectivity index (χ1n) is 6.81. The molecular weight excluding hydrogens is 238 g/mol. The maximum Gasteiger partial charge on any atom is 0.315 e. The van der Waals surface area contributed by atoms with Crippen LogP contribution < -0.4 is 10.6 Å². The Kier molecular flexibility index (Phi) is 4.79. The Morgan fingerprint density at radius 2 is 2.11 bits per heavy atom. The number of urea groups is 1. The minimum atomic E-state index is -0.116. The van der Waals surface area contributed by atoms with Crippen LogP contribution in [0.4, 0.5) is 4.79 Å². The Balaban J connectivity index is 1.78. The number of carbonyl (C=O) groups is 1. The lowest BCUT2D eigenvalue weighted by atomic mass is 9.96. The number of nitriles is 1. The summed E-state index contributed by atoms with van der Waals surface area (Å²) in [7, 11) is 0. The molecule has 0 bridgehead atoms. The van der Waals surface area contributed by atoms with E-state index in [0.29, 0.717) is 18.2 Å². The van der Waals surface area contributed by atoms with Gasteiger partial charge >= 0.3 is 6.03 Å². The van der Waals surface area contributed by atoms with Gasteiger partial charge in [-0.25, -0.2) is 4.79 Å². The van der Waals surface area contributed by atoms with Crippen molar-refractivity contribution in [3.8, 4) is 6.07 Å². The van der Waals surface area contributed by atoms with E-state index in [-0.39, 0.29) is 6.03 Å². The second-order valence-electron chi connectivity index (χ2n) is 4.97. The van der Waals surface area contributed by atoms with E-state index in [1.807, 2.05) is 12.1 Å². The predicted molar refractivity (Wildman–Crippen MR) is 73.4 cm³/mol. The standard InChI is InChI=1S/C15H19N3O/c16-10-12-5-4-6-13(9-12)11-17-15(19)18-14-7-2-1-3-8-14/h4-6,9,14H,1-3,7-8,11H2,(H2,17,18,19). The monoisotopic (exact) mass is 257 g/mol. The Hall–Kier alpha value is -2.02. The predicted octanol–water partition coefficient (Wildman–Crippen LogP) is 2.69. The lowest BCUT2D eigenvalue weighted by Crippen LogP contribution is -2.42. The number of hydrogen-bond donors (Lipinski definition) is 2. The molecule has 1 aromatic rings. The molecule has 0 heterocycles. The molecule has 0 aromatic heterocycles. The molecule has 4 nitrogen and oxygen atoms in total. The summed E-state index contributed by atoms with van der Waals surface area (Å²) in [5.74, 6) is 0. The molecule has 1 aliphatic rings. The molecule has 0 spiro atoms. The molecule has 2 rings (SSSR count). The van der Waals surface area contributed by atoms with Gasteiger partial charge in [0, 0.05) is 12.6 Å². The largest absolute Gasteiger partial charge is 0.335 e. The van der Waals surface area contributed by atoms with Gasteiger partial charge in [0.2, 0.25) is 0 Å². The van der Waals surface area contributed by atoms with Crippen molar-refractivity contribution in [2.45, 2.75) is 44.7 Å². The average Bonchev–Trinajstić information content (AvgIpc) is 2.46. The molecule has 2 amide bonds. The molecule has 0 aliphatic heterocycles. The number of amides is 2. The van der Waals surface area contributed by atoms with E-state index in [1.54, 1.807) is 12.1 Å². The zero-order valence-corrected chi connectivity index (χ0v) is 11.0. The fraction of sp³-hybridized carbons (Fsp3) is 0.467. The van der Waals surface area contributed by atoms with Gasteiger partial charge in [-0.3, -0.25) is 0 Å². The first kappa shape index (κ1) is 13.4. The van der Waals surface area contributed by atoms with Crippen molar-refractivity contribution in [2.24, 2.45) is 0 Å². The van der Waals surface area contributed by atoms with Crippen LogP contribution in [0.3, 0.4) is 0 Å². The van der Waals surface area contributed by atoms with Crippen molar-refractivity contribution in [1.29, 1.82) is 5.26 Å². The van der Waals surface area contributed by atoms with Crippen molar-refractivity contribution >= 4 is 6.03 Å². The van der Waals surface area contributed by atoms with Crippen molar-refractivity contribution in [3.05, 3.63) is 35.4 Å². The molecule has 0 atom stereocenters. The van der Waals surface area contributed by atoms with Gasteiger partial charge in [0.25, 0.3) is 0 Å². The van der Waals surface area contributed by atoms with Crippen molar-refractivity contribution in [2.75, 3.05) is 0 Å². The number of hydrogen-bond acceptors (Lipinski definition) is 2. The minimum Gasteiger partial charge on any atom is -0.335 e. The third kappa shape index (κ3) is 4.29. The Morgan fingerprint density at radius 3 is 2.84 bits per heavy atom. The second-order valence-corrected chi connectivity index (χ2v) is 4.97. The van der Waals surface area contributed by atoms with E-state index in [9.17, 15) is 4.79 Å². The molecule has 0 saturated heterocycles. The topological polar surface area (TPSA) is 64.9 Å². The van der Waals surface area contributed by atoms with Gasteiger partial charge in [0.15, 0.2) is 0 Å². The SMILES string of the molecule is N#Cc1cccc(CNC(=O)NC2CCCCC2)c1. The van der Waals surface area contributed by atoms with Gasteiger partial charge in [-0.05, 0) is 30.5 Å². The maximum absolute atomic E-state index is 11.8. The lowest BCUT2D eigenvalue weighted by Gasteiger charge is -2.22. The molecule has 1 fully saturated rings. The maximum atomic E-state index is 11.8. The number of benzene rings is 1. The fourth-order valence-corrected chi connectivity index (χ4v) is 2.42. The summed E-state index contributed by atoms with van der Waals surface area (Å²) in [6.07, 6.45) is 5.85. The van der Waals surface area contributed by atoms with E-state index >= 15 is 0 Å². The Morgan fingerprint density at radius 1 is 1.32 bits per heavy atom. The van der Waals surface area contributed by atoms with Crippen LogP contribution in [0.5, 0.6) is 0 Å². The van der Waals surface area contributed by atoms with E-state index < -0.39 is 0 Å². The van der Waals surface area contributed by atoms with Crippen LogP contribution in [0.1, 0.15) is 43.2 Å². The van der Waals surface area contributed by atoms with Crippen LogP contribution >= 0.6 is 0 Å². The molecule has 0 radical (unpaired) electrons. The molecule has 2 N–H and O–H groups in total. The summed E-state index contributed by atoms with van der Waals surface area (Å²) in [6.45, 7) is 0.452. The number of nitrogens with zero attached hydrogens (tertiary/aromatic N) is 1. The molecule has 1 aromatic carbocycles. The lowest BCUT2D eigenvalue weighted by molar-refractivity contribution is 0.232. The van der Waals surface area contributed by atoms with Gasteiger partial charge < -0.3 is 10.6 Å². The zero-order valence-electron chi connectivity index (χ0n) is 11.0. The quantitative estimate of drug-likeness (QED) is 0.874. The van der Waals surface area contributed by atoms with Crippen LogP contribution in [-0.2, 0) is 6.54 Å². The van der Waals surface area contributed by atoms with Crippen LogP contribution in [0.25, 0.3) is 0 Å². The van der Waals surface area contributed by atoms with Crippen molar-refractivity contribution in [3.63, 3.8) is 0 Å². The van der Waals surface area contributed by atoms with Gasteiger partial charge in [-0.2, -0.15) is 5.26 Å². The molecule has 4 heteroatoms. The minimum absolute atomic E-state index is 0.116. The Labute approximate surface area is 113 Å². The average molecular weight is 257 g/mol. The highest BCUT2D eigenvalue weighted by Crippen LogP contribution is 2.17. The highest BCUT2D eigenvalue weighted by atomic mass is 16.2. The first-order chi connectivity index (χ1) is 9.28. The molecule has 100 valence electrons. The molecule has 1 saturated carbocycles. The zero-order chi connectivity index (χ0) is 13.5.